The van der Waals surface area contributed by atoms with Gasteiger partial charge in [-0.25, -0.2) is 0 Å². The zero-order valence-corrected chi connectivity index (χ0v) is 9.23. The Morgan fingerprint density at radius 3 is 2.50 bits per heavy atom. The average molecular weight is 214 g/mol. The fraction of sp³-hybridized carbons (Fsp3) is 0.375. The number of nitrogens with one attached hydrogen (secondary N) is 3. The number of hydrogen-bond donors (Lipinski definition) is 3. The number of carbonyl (C=O) groups is 1. The van der Waals surface area contributed by atoms with Crippen LogP contribution in [-0.2, 0) is 4.79 Å². The summed E-state index contributed by atoms with van der Waals surface area (Å²) in [6.07, 6.45) is 3.34. The van der Waals surface area contributed by atoms with Crippen LogP contribution in [0.25, 0.3) is 0 Å². The summed E-state index contributed by atoms with van der Waals surface area (Å²) in [5.74, 6) is -0.330. The summed E-state index contributed by atoms with van der Waals surface area (Å²) in [7, 11) is 3.20. The van der Waals surface area contributed by atoms with Crippen LogP contribution < -0.4 is 16.2 Å². The first kappa shape index (κ1) is 12.6. The number of hydrazine groups is 1. The molecule has 0 saturated heterocycles. The van der Waals surface area contributed by atoms with Crippen molar-refractivity contribution in [2.24, 2.45) is 4.99 Å². The number of thiocarbonyl (C=S) groups is 1. The van der Waals surface area contributed by atoms with Crippen LogP contribution >= 0.6 is 12.2 Å². The van der Waals surface area contributed by atoms with E-state index in [-0.39, 0.29) is 5.91 Å². The first-order valence-corrected chi connectivity index (χ1v) is 4.44. The average Bonchev–Trinajstić information content (AvgIpc) is 2.21. The lowest BCUT2D eigenvalue weighted by atomic mass is 10.3. The van der Waals surface area contributed by atoms with E-state index in [0.29, 0.717) is 10.8 Å². The number of nitrogens with zero attached hydrogens (tertiary/aromatic N) is 1. The van der Waals surface area contributed by atoms with Crippen molar-refractivity contribution in [3.05, 3.63) is 12.2 Å². The van der Waals surface area contributed by atoms with Crippen molar-refractivity contribution in [3.63, 3.8) is 0 Å². The summed E-state index contributed by atoms with van der Waals surface area (Å²) < 4.78 is 0. The summed E-state index contributed by atoms with van der Waals surface area (Å²) >= 11 is 4.77. The van der Waals surface area contributed by atoms with Crippen LogP contribution in [0.5, 0.6) is 0 Å². The van der Waals surface area contributed by atoms with E-state index in [2.05, 4.69) is 21.2 Å². The van der Waals surface area contributed by atoms with E-state index in [4.69, 9.17) is 12.2 Å². The molecule has 14 heavy (non-hydrogen) atoms. The second kappa shape index (κ2) is 7.02. The molecule has 0 aliphatic carbocycles. The van der Waals surface area contributed by atoms with Gasteiger partial charge < -0.3 is 5.32 Å². The Kier molecular flexibility index (Phi) is 6.30. The van der Waals surface area contributed by atoms with Crippen LogP contribution in [0.3, 0.4) is 0 Å². The van der Waals surface area contributed by atoms with Gasteiger partial charge in [0, 0.05) is 14.1 Å². The molecule has 0 aliphatic rings. The standard InChI is InChI=1S/C8H14N4OS/c1-4-5-6(9-2)7(13)11-12-8(14)10-3/h4-5H,1-3H3,(H,11,13)(H2,10,12,14)/b5-4-,9-6?. The van der Waals surface area contributed by atoms with Crippen LogP contribution in [0.15, 0.2) is 17.1 Å². The summed E-state index contributed by atoms with van der Waals surface area (Å²) in [5.41, 5.74) is 5.24. The Morgan fingerprint density at radius 2 is 2.07 bits per heavy atom. The van der Waals surface area contributed by atoms with E-state index in [0.717, 1.165) is 0 Å². The molecule has 6 heteroatoms. The highest BCUT2D eigenvalue weighted by atomic mass is 32.1. The number of aliphatic imine (C=N–C) groups is 1. The minimum Gasteiger partial charge on any atom is -0.364 e. The summed E-state index contributed by atoms with van der Waals surface area (Å²) in [4.78, 5) is 15.1. The summed E-state index contributed by atoms with van der Waals surface area (Å²) in [5, 5.41) is 3.00. The zero-order valence-electron chi connectivity index (χ0n) is 8.42. The van der Waals surface area contributed by atoms with E-state index >= 15 is 0 Å². The molecule has 0 aromatic carbocycles. The van der Waals surface area contributed by atoms with Crippen molar-refractivity contribution in [2.75, 3.05) is 14.1 Å². The van der Waals surface area contributed by atoms with E-state index in [9.17, 15) is 4.79 Å². The molecule has 0 saturated carbocycles. The van der Waals surface area contributed by atoms with Crippen molar-refractivity contribution >= 4 is 28.9 Å². The summed E-state index contributed by atoms with van der Waals surface area (Å²) in [6, 6.07) is 0. The third-order valence-corrected chi connectivity index (χ3v) is 1.62. The lowest BCUT2D eigenvalue weighted by molar-refractivity contribution is -0.115. The predicted molar refractivity (Wildman–Crippen MR) is 61.1 cm³/mol. The molecule has 0 aromatic heterocycles. The Morgan fingerprint density at radius 1 is 1.43 bits per heavy atom. The molecule has 0 heterocycles. The molecule has 1 amide bonds. The second-order valence-electron chi connectivity index (χ2n) is 2.27. The molecule has 0 rings (SSSR count). The highest BCUT2D eigenvalue weighted by molar-refractivity contribution is 7.80. The molecule has 78 valence electrons. The molecule has 0 radical (unpaired) electrons. The van der Waals surface area contributed by atoms with E-state index in [1.54, 1.807) is 26.2 Å². The van der Waals surface area contributed by atoms with Gasteiger partial charge in [0.2, 0.25) is 0 Å². The van der Waals surface area contributed by atoms with Crippen molar-refractivity contribution in [1.29, 1.82) is 0 Å². The fourth-order valence-electron chi connectivity index (χ4n) is 0.650. The smallest absolute Gasteiger partial charge is 0.287 e. The quantitative estimate of drug-likeness (QED) is 0.337. The maximum Gasteiger partial charge on any atom is 0.287 e. The highest BCUT2D eigenvalue weighted by Gasteiger charge is 2.05. The van der Waals surface area contributed by atoms with Gasteiger partial charge in [0.1, 0.15) is 5.71 Å². The van der Waals surface area contributed by atoms with Crippen LogP contribution in [0.2, 0.25) is 0 Å². The van der Waals surface area contributed by atoms with Crippen molar-refractivity contribution in [1.82, 2.24) is 16.2 Å². The lowest BCUT2D eigenvalue weighted by Crippen LogP contribution is -2.47. The van der Waals surface area contributed by atoms with Gasteiger partial charge in [0.15, 0.2) is 5.11 Å². The van der Waals surface area contributed by atoms with Gasteiger partial charge in [0.25, 0.3) is 5.91 Å². The second-order valence-corrected chi connectivity index (χ2v) is 2.68. The SMILES string of the molecule is C/C=C\C(=NC)C(=O)NNC(=S)NC. The van der Waals surface area contributed by atoms with Gasteiger partial charge >= 0.3 is 0 Å². The van der Waals surface area contributed by atoms with Crippen LogP contribution in [0, 0.1) is 0 Å². The summed E-state index contributed by atoms with van der Waals surface area (Å²) in [6.45, 7) is 1.81. The third-order valence-electron chi connectivity index (χ3n) is 1.31. The van der Waals surface area contributed by atoms with Crippen molar-refractivity contribution in [3.8, 4) is 0 Å². The molecule has 0 unspecified atom stereocenters. The minimum absolute atomic E-state index is 0.330. The largest absolute Gasteiger partial charge is 0.364 e. The van der Waals surface area contributed by atoms with E-state index < -0.39 is 0 Å². The van der Waals surface area contributed by atoms with E-state index in [1.807, 2.05) is 6.92 Å². The highest BCUT2D eigenvalue weighted by Crippen LogP contribution is 1.81. The fourth-order valence-corrected chi connectivity index (χ4v) is 0.701. The number of rotatable bonds is 2. The van der Waals surface area contributed by atoms with Gasteiger partial charge in [-0.05, 0) is 25.2 Å². The first-order chi connectivity index (χ1) is 6.65. The topological polar surface area (TPSA) is 65.5 Å². The van der Waals surface area contributed by atoms with Gasteiger partial charge in [-0.3, -0.25) is 20.6 Å². The molecular formula is C8H14N4OS. The maximum atomic E-state index is 11.3. The number of amides is 1. The molecule has 0 atom stereocenters. The molecule has 0 bridgehead atoms. The Labute approximate surface area is 88.6 Å². The monoisotopic (exact) mass is 214 g/mol. The Balaban J connectivity index is 4.13. The number of carbonyl (C=O) groups excluding carboxylic acids is 1. The normalized spacial score (nSPS) is 11.2. The van der Waals surface area contributed by atoms with E-state index in [1.165, 1.54) is 0 Å². The minimum atomic E-state index is -0.330. The maximum absolute atomic E-state index is 11.3. The first-order valence-electron chi connectivity index (χ1n) is 4.03. The molecule has 3 N–H and O–H groups in total. The number of hydrogen-bond acceptors (Lipinski definition) is 3. The van der Waals surface area contributed by atoms with Crippen LogP contribution in [0.4, 0.5) is 0 Å². The Hall–Kier alpha value is -1.43. The van der Waals surface area contributed by atoms with Gasteiger partial charge in [-0.15, -0.1) is 0 Å². The van der Waals surface area contributed by atoms with Crippen LogP contribution in [-0.4, -0.2) is 30.8 Å². The molecule has 0 fully saturated rings. The van der Waals surface area contributed by atoms with Crippen molar-refractivity contribution < 1.29 is 4.79 Å². The molecule has 0 aromatic rings. The predicted octanol–water partition coefficient (Wildman–Crippen LogP) is -0.242. The van der Waals surface area contributed by atoms with Gasteiger partial charge in [-0.1, -0.05) is 6.08 Å². The molecule has 5 nitrogen and oxygen atoms in total. The van der Waals surface area contributed by atoms with Crippen LogP contribution in [0.1, 0.15) is 6.92 Å². The Bertz CT molecular complexity index is 273. The molecule has 0 spiro atoms. The molecular weight excluding hydrogens is 200 g/mol. The van der Waals surface area contributed by atoms with Crippen molar-refractivity contribution in [2.45, 2.75) is 6.92 Å². The lowest BCUT2D eigenvalue weighted by Gasteiger charge is -2.07. The van der Waals surface area contributed by atoms with Gasteiger partial charge in [0.05, 0.1) is 0 Å². The zero-order chi connectivity index (χ0) is 11.0. The third kappa shape index (κ3) is 4.56. The number of allylic oxidation sites excluding steroid dienone is 1. The van der Waals surface area contributed by atoms with Gasteiger partial charge in [-0.2, -0.15) is 0 Å². The molecule has 0 aliphatic heterocycles.